The van der Waals surface area contributed by atoms with E-state index in [-0.39, 0.29) is 0 Å². The number of benzene rings is 1. The van der Waals surface area contributed by atoms with Gasteiger partial charge in [0.2, 0.25) is 0 Å². The van der Waals surface area contributed by atoms with Gasteiger partial charge in [-0.2, -0.15) is 0 Å². The molecule has 0 aliphatic rings. The van der Waals surface area contributed by atoms with Crippen molar-refractivity contribution in [3.8, 4) is 0 Å². The lowest BCUT2D eigenvalue weighted by atomic mass is 10.2. The summed E-state index contributed by atoms with van der Waals surface area (Å²) in [5.41, 5.74) is 1.80. The summed E-state index contributed by atoms with van der Waals surface area (Å²) in [5.74, 6) is 5.65. The number of nitrogens with zero attached hydrogens (tertiary/aromatic N) is 2. The fourth-order valence-corrected chi connectivity index (χ4v) is 2.13. The number of amides is 2. The molecule has 0 bridgehead atoms. The van der Waals surface area contributed by atoms with E-state index in [1.165, 1.54) is 23.5 Å². The van der Waals surface area contributed by atoms with Gasteiger partial charge >= 0.3 is 6.03 Å². The van der Waals surface area contributed by atoms with Crippen molar-refractivity contribution in [2.24, 2.45) is 5.84 Å². The van der Waals surface area contributed by atoms with Gasteiger partial charge in [-0.05, 0) is 36.6 Å². The van der Waals surface area contributed by atoms with Gasteiger partial charge in [0.05, 0.1) is 11.9 Å². The van der Waals surface area contributed by atoms with Crippen molar-refractivity contribution < 1.29 is 4.79 Å². The van der Waals surface area contributed by atoms with Crippen LogP contribution < -0.4 is 11.2 Å². The highest BCUT2D eigenvalue weighted by atomic mass is 32.2. The fraction of sp³-hybridized carbons (Fsp3) is 0.0667. The van der Waals surface area contributed by atoms with E-state index in [0.29, 0.717) is 5.69 Å². The lowest BCUT2D eigenvalue weighted by Gasteiger charge is -2.12. The SMILES string of the molecule is Cc1ccc(S/C=C/N(N)C(=O)Nc2cccnc2)cc1. The third-order valence-electron chi connectivity index (χ3n) is 2.59. The van der Waals surface area contributed by atoms with Crippen molar-refractivity contribution >= 4 is 23.5 Å². The molecule has 0 aliphatic carbocycles. The standard InChI is InChI=1S/C15H16N4OS/c1-12-4-6-14(7-5-12)21-10-9-19(16)15(20)18-13-3-2-8-17-11-13/h2-11H,16H2,1H3,(H,18,20)/b10-9+. The zero-order valence-electron chi connectivity index (χ0n) is 11.6. The van der Waals surface area contributed by atoms with Gasteiger partial charge in [-0.15, -0.1) is 0 Å². The fourth-order valence-electron chi connectivity index (χ4n) is 1.48. The molecule has 108 valence electrons. The number of hydrogen-bond donors (Lipinski definition) is 2. The van der Waals surface area contributed by atoms with Crippen LogP contribution in [0.25, 0.3) is 0 Å². The number of nitrogens with two attached hydrogens (primary N) is 1. The first-order valence-electron chi connectivity index (χ1n) is 6.30. The number of aryl methyl sites for hydroxylation is 1. The second-order valence-corrected chi connectivity index (χ2v) is 5.27. The topological polar surface area (TPSA) is 71.2 Å². The average Bonchev–Trinajstić information content (AvgIpc) is 2.50. The number of hydrogen-bond acceptors (Lipinski definition) is 4. The third-order valence-corrected chi connectivity index (χ3v) is 3.40. The van der Waals surface area contributed by atoms with E-state index in [4.69, 9.17) is 5.84 Å². The number of urea groups is 1. The average molecular weight is 300 g/mol. The minimum absolute atomic E-state index is 0.427. The molecule has 0 radical (unpaired) electrons. The first-order chi connectivity index (χ1) is 10.1. The van der Waals surface area contributed by atoms with Gasteiger partial charge in [-0.25, -0.2) is 15.6 Å². The number of aromatic nitrogens is 1. The molecule has 3 N–H and O–H groups in total. The lowest BCUT2D eigenvalue weighted by Crippen LogP contribution is -2.35. The van der Waals surface area contributed by atoms with E-state index < -0.39 is 6.03 Å². The van der Waals surface area contributed by atoms with Crippen LogP contribution in [0.1, 0.15) is 5.56 Å². The Hall–Kier alpha value is -2.31. The molecule has 0 fully saturated rings. The van der Waals surface area contributed by atoms with Crippen LogP contribution in [-0.2, 0) is 0 Å². The number of hydrazine groups is 1. The first kappa shape index (κ1) is 15.1. The van der Waals surface area contributed by atoms with E-state index in [2.05, 4.69) is 10.3 Å². The monoisotopic (exact) mass is 300 g/mol. The molecule has 21 heavy (non-hydrogen) atoms. The van der Waals surface area contributed by atoms with Gasteiger partial charge in [-0.3, -0.25) is 4.98 Å². The van der Waals surface area contributed by atoms with Crippen LogP contribution in [0.2, 0.25) is 0 Å². The predicted molar refractivity (Wildman–Crippen MR) is 85.5 cm³/mol. The molecular weight excluding hydrogens is 284 g/mol. The van der Waals surface area contributed by atoms with Crippen LogP contribution in [0.5, 0.6) is 0 Å². The quantitative estimate of drug-likeness (QED) is 0.393. The summed E-state index contributed by atoms with van der Waals surface area (Å²) in [6.07, 6.45) is 4.70. The smallest absolute Gasteiger partial charge is 0.305 e. The lowest BCUT2D eigenvalue weighted by molar-refractivity contribution is 0.229. The molecule has 0 spiro atoms. The van der Waals surface area contributed by atoms with E-state index >= 15 is 0 Å². The molecule has 0 saturated heterocycles. The van der Waals surface area contributed by atoms with Crippen molar-refractivity contribution in [2.45, 2.75) is 11.8 Å². The summed E-state index contributed by atoms with van der Waals surface area (Å²) in [6.45, 7) is 2.04. The maximum absolute atomic E-state index is 11.8. The van der Waals surface area contributed by atoms with Gasteiger partial charge in [0.15, 0.2) is 0 Å². The third kappa shape index (κ3) is 4.94. The summed E-state index contributed by atoms with van der Waals surface area (Å²) in [4.78, 5) is 16.8. The van der Waals surface area contributed by atoms with Crippen molar-refractivity contribution in [3.63, 3.8) is 0 Å². The Morgan fingerprint density at radius 3 is 2.76 bits per heavy atom. The molecule has 1 heterocycles. The highest BCUT2D eigenvalue weighted by Crippen LogP contribution is 2.19. The highest BCUT2D eigenvalue weighted by molar-refractivity contribution is 8.02. The molecule has 0 atom stereocenters. The van der Waals surface area contributed by atoms with E-state index in [1.807, 2.05) is 31.2 Å². The number of anilines is 1. The summed E-state index contributed by atoms with van der Waals surface area (Å²) in [6, 6.07) is 11.1. The van der Waals surface area contributed by atoms with Crippen molar-refractivity contribution in [3.05, 3.63) is 66.0 Å². The Morgan fingerprint density at radius 2 is 2.10 bits per heavy atom. The van der Waals surface area contributed by atoms with Gasteiger partial charge in [-0.1, -0.05) is 29.5 Å². The second kappa shape index (κ2) is 7.47. The van der Waals surface area contributed by atoms with Crippen LogP contribution in [0, 0.1) is 6.92 Å². The molecule has 0 unspecified atom stereocenters. The Kier molecular flexibility index (Phi) is 5.36. The number of nitrogens with one attached hydrogen (secondary N) is 1. The number of thioether (sulfide) groups is 1. The minimum Gasteiger partial charge on any atom is -0.305 e. The Balaban J connectivity index is 1.85. The van der Waals surface area contributed by atoms with Crippen LogP contribution in [-0.4, -0.2) is 16.0 Å². The molecule has 6 heteroatoms. The number of carbonyl (C=O) groups is 1. The molecule has 2 aromatic rings. The molecule has 2 rings (SSSR count). The number of carbonyl (C=O) groups excluding carboxylic acids is 1. The molecule has 1 aromatic carbocycles. The largest absolute Gasteiger partial charge is 0.340 e. The van der Waals surface area contributed by atoms with Crippen molar-refractivity contribution in [1.82, 2.24) is 9.99 Å². The Labute approximate surface area is 127 Å². The molecule has 0 saturated carbocycles. The molecular formula is C15H16N4OS. The predicted octanol–water partition coefficient (Wildman–Crippen LogP) is 3.36. The summed E-state index contributed by atoms with van der Waals surface area (Å²) >= 11 is 1.49. The Bertz CT molecular complexity index is 613. The Morgan fingerprint density at radius 1 is 1.33 bits per heavy atom. The highest BCUT2D eigenvalue weighted by Gasteiger charge is 2.05. The van der Waals surface area contributed by atoms with Crippen LogP contribution in [0.3, 0.4) is 0 Å². The van der Waals surface area contributed by atoms with E-state index in [9.17, 15) is 4.79 Å². The second-order valence-electron chi connectivity index (χ2n) is 4.30. The van der Waals surface area contributed by atoms with Gasteiger partial charge in [0, 0.05) is 17.3 Å². The maximum atomic E-state index is 11.8. The number of pyridine rings is 1. The summed E-state index contributed by atoms with van der Waals surface area (Å²) in [7, 11) is 0. The van der Waals surface area contributed by atoms with Crippen LogP contribution >= 0.6 is 11.8 Å². The van der Waals surface area contributed by atoms with E-state index in [0.717, 1.165) is 9.90 Å². The number of rotatable bonds is 4. The molecule has 2 amide bonds. The van der Waals surface area contributed by atoms with E-state index in [1.54, 1.807) is 29.9 Å². The van der Waals surface area contributed by atoms with Crippen LogP contribution in [0.15, 0.2) is 65.3 Å². The van der Waals surface area contributed by atoms with Crippen molar-refractivity contribution in [2.75, 3.05) is 5.32 Å². The molecule has 0 aliphatic heterocycles. The van der Waals surface area contributed by atoms with Crippen molar-refractivity contribution in [1.29, 1.82) is 0 Å². The van der Waals surface area contributed by atoms with Gasteiger partial charge < -0.3 is 5.32 Å². The zero-order chi connectivity index (χ0) is 15.1. The zero-order valence-corrected chi connectivity index (χ0v) is 12.4. The van der Waals surface area contributed by atoms with Gasteiger partial charge in [0.1, 0.15) is 0 Å². The first-order valence-corrected chi connectivity index (χ1v) is 7.18. The molecule has 1 aromatic heterocycles. The van der Waals surface area contributed by atoms with Crippen LogP contribution in [0.4, 0.5) is 10.5 Å². The molecule has 5 nitrogen and oxygen atoms in total. The minimum atomic E-state index is -0.427. The normalized spacial score (nSPS) is 10.6. The maximum Gasteiger partial charge on any atom is 0.340 e. The summed E-state index contributed by atoms with van der Waals surface area (Å²) in [5, 5.41) is 5.39. The van der Waals surface area contributed by atoms with Gasteiger partial charge in [0.25, 0.3) is 0 Å². The summed E-state index contributed by atoms with van der Waals surface area (Å²) < 4.78 is 0.